The van der Waals surface area contributed by atoms with Gasteiger partial charge in [-0.05, 0) is 19.3 Å². The third-order valence-electron chi connectivity index (χ3n) is 2.76. The topological polar surface area (TPSA) is 33.1 Å². The molecule has 1 N–H and O–H groups in total. The summed E-state index contributed by atoms with van der Waals surface area (Å²) in [6.07, 6.45) is 4.37. The van der Waals surface area contributed by atoms with E-state index in [0.29, 0.717) is 5.92 Å². The molecule has 0 amide bonds. The zero-order valence-corrected chi connectivity index (χ0v) is 10.7. The number of aliphatic hydroxyl groups is 1. The van der Waals surface area contributed by atoms with Crippen LogP contribution in [0.1, 0.15) is 61.5 Å². The Morgan fingerprint density at radius 1 is 1.27 bits per heavy atom. The van der Waals surface area contributed by atoms with Crippen molar-refractivity contribution in [2.75, 3.05) is 0 Å². The summed E-state index contributed by atoms with van der Waals surface area (Å²) < 4.78 is 0. The zero-order valence-electron chi connectivity index (χ0n) is 9.92. The minimum atomic E-state index is 0.146. The molecule has 3 heteroatoms. The average molecular weight is 227 g/mol. The van der Waals surface area contributed by atoms with Crippen molar-refractivity contribution in [3.8, 4) is 0 Å². The second kappa shape index (κ2) is 6.23. The van der Waals surface area contributed by atoms with E-state index in [1.54, 1.807) is 11.3 Å². The van der Waals surface area contributed by atoms with E-state index in [9.17, 15) is 5.11 Å². The second-order valence-electron chi connectivity index (χ2n) is 3.84. The molecular formula is C12H21NOS. The predicted molar refractivity (Wildman–Crippen MR) is 65.4 cm³/mol. The molecule has 0 fully saturated rings. The summed E-state index contributed by atoms with van der Waals surface area (Å²) in [5.74, 6) is 0.575. The molecule has 0 radical (unpaired) electrons. The Morgan fingerprint density at radius 2 is 1.93 bits per heavy atom. The third-order valence-corrected chi connectivity index (χ3v) is 4.00. The molecule has 0 spiro atoms. The molecule has 0 aliphatic rings. The Morgan fingerprint density at radius 3 is 2.40 bits per heavy atom. The Balaban J connectivity index is 2.90. The van der Waals surface area contributed by atoms with Gasteiger partial charge in [-0.15, -0.1) is 11.3 Å². The van der Waals surface area contributed by atoms with E-state index in [1.165, 1.54) is 5.01 Å². The lowest BCUT2D eigenvalue weighted by Gasteiger charge is -2.06. The van der Waals surface area contributed by atoms with Crippen LogP contribution in [0.3, 0.4) is 0 Å². The summed E-state index contributed by atoms with van der Waals surface area (Å²) in [4.78, 5) is 5.74. The molecule has 0 aliphatic heterocycles. The maximum Gasteiger partial charge on any atom is 0.0962 e. The van der Waals surface area contributed by atoms with Crippen molar-refractivity contribution in [3.05, 3.63) is 15.6 Å². The lowest BCUT2D eigenvalue weighted by molar-refractivity contribution is 0.284. The van der Waals surface area contributed by atoms with Crippen LogP contribution in [-0.2, 0) is 13.0 Å². The van der Waals surface area contributed by atoms with E-state index >= 15 is 0 Å². The summed E-state index contributed by atoms with van der Waals surface area (Å²) in [6.45, 7) is 6.70. The summed E-state index contributed by atoms with van der Waals surface area (Å²) in [7, 11) is 0. The fraction of sp³-hybridized carbons (Fsp3) is 0.750. The fourth-order valence-corrected chi connectivity index (χ4v) is 3.01. The van der Waals surface area contributed by atoms with E-state index < -0.39 is 0 Å². The quantitative estimate of drug-likeness (QED) is 0.807. The van der Waals surface area contributed by atoms with Crippen molar-refractivity contribution in [2.45, 2.75) is 59.0 Å². The molecule has 15 heavy (non-hydrogen) atoms. The first-order valence-corrected chi connectivity index (χ1v) is 6.67. The lowest BCUT2D eigenvalue weighted by Crippen LogP contribution is -1.95. The molecule has 1 aromatic heterocycles. The number of thiazole rings is 1. The van der Waals surface area contributed by atoms with Crippen molar-refractivity contribution in [2.24, 2.45) is 0 Å². The zero-order chi connectivity index (χ0) is 11.3. The number of aliphatic hydroxyl groups excluding tert-OH is 1. The van der Waals surface area contributed by atoms with E-state index in [4.69, 9.17) is 0 Å². The van der Waals surface area contributed by atoms with Crippen molar-refractivity contribution in [1.82, 2.24) is 4.98 Å². The van der Waals surface area contributed by atoms with E-state index in [2.05, 4.69) is 25.8 Å². The monoisotopic (exact) mass is 227 g/mol. The molecule has 0 saturated carbocycles. The molecule has 0 bridgehead atoms. The SMILES string of the molecule is CCCc1nc(C(CC)CC)sc1CO. The number of aryl methyl sites for hydroxylation is 1. The van der Waals surface area contributed by atoms with Gasteiger partial charge in [-0.2, -0.15) is 0 Å². The number of hydrogen-bond donors (Lipinski definition) is 1. The Labute approximate surface area is 96.4 Å². The van der Waals surface area contributed by atoms with Crippen LogP contribution < -0.4 is 0 Å². The Bertz CT molecular complexity index is 292. The van der Waals surface area contributed by atoms with Gasteiger partial charge in [-0.3, -0.25) is 0 Å². The first-order chi connectivity index (χ1) is 7.26. The van der Waals surface area contributed by atoms with Gasteiger partial charge in [0.05, 0.1) is 22.2 Å². The second-order valence-corrected chi connectivity index (χ2v) is 4.96. The predicted octanol–water partition coefficient (Wildman–Crippen LogP) is 3.49. The average Bonchev–Trinajstić information content (AvgIpc) is 2.64. The number of rotatable bonds is 6. The van der Waals surface area contributed by atoms with Crippen molar-refractivity contribution in [3.63, 3.8) is 0 Å². The van der Waals surface area contributed by atoms with E-state index in [1.807, 2.05) is 0 Å². The highest BCUT2D eigenvalue weighted by Gasteiger charge is 2.15. The Kier molecular flexibility index (Phi) is 5.26. The highest BCUT2D eigenvalue weighted by Crippen LogP contribution is 2.30. The molecule has 1 aromatic rings. The van der Waals surface area contributed by atoms with E-state index in [-0.39, 0.29) is 6.61 Å². The summed E-state index contributed by atoms with van der Waals surface area (Å²) in [5.41, 5.74) is 1.12. The molecular weight excluding hydrogens is 206 g/mol. The molecule has 0 saturated heterocycles. The van der Waals surface area contributed by atoms with Gasteiger partial charge in [0.1, 0.15) is 0 Å². The van der Waals surface area contributed by atoms with Crippen molar-refractivity contribution >= 4 is 11.3 Å². The van der Waals surface area contributed by atoms with Crippen LogP contribution in [0.15, 0.2) is 0 Å². The maximum atomic E-state index is 9.26. The minimum Gasteiger partial charge on any atom is -0.391 e. The van der Waals surface area contributed by atoms with Gasteiger partial charge in [-0.25, -0.2) is 4.98 Å². The largest absolute Gasteiger partial charge is 0.391 e. The van der Waals surface area contributed by atoms with Crippen molar-refractivity contribution in [1.29, 1.82) is 0 Å². The van der Waals surface area contributed by atoms with Crippen LogP contribution in [-0.4, -0.2) is 10.1 Å². The summed E-state index contributed by atoms with van der Waals surface area (Å²) in [5, 5.41) is 10.5. The van der Waals surface area contributed by atoms with E-state index in [0.717, 1.165) is 36.3 Å². The molecule has 1 heterocycles. The first kappa shape index (κ1) is 12.7. The molecule has 0 aromatic carbocycles. The summed E-state index contributed by atoms with van der Waals surface area (Å²) in [6, 6.07) is 0. The van der Waals surface area contributed by atoms with Gasteiger partial charge in [0, 0.05) is 5.92 Å². The highest BCUT2D eigenvalue weighted by molar-refractivity contribution is 7.11. The van der Waals surface area contributed by atoms with Gasteiger partial charge in [0.15, 0.2) is 0 Å². The molecule has 0 atom stereocenters. The normalized spacial score (nSPS) is 11.3. The van der Waals surface area contributed by atoms with Crippen LogP contribution in [0.25, 0.3) is 0 Å². The lowest BCUT2D eigenvalue weighted by atomic mass is 10.1. The number of nitrogens with zero attached hydrogens (tertiary/aromatic N) is 1. The van der Waals surface area contributed by atoms with Crippen LogP contribution in [0.2, 0.25) is 0 Å². The Hall–Kier alpha value is -0.410. The molecule has 86 valence electrons. The smallest absolute Gasteiger partial charge is 0.0962 e. The minimum absolute atomic E-state index is 0.146. The van der Waals surface area contributed by atoms with Gasteiger partial charge in [-0.1, -0.05) is 27.2 Å². The van der Waals surface area contributed by atoms with Crippen LogP contribution in [0.5, 0.6) is 0 Å². The maximum absolute atomic E-state index is 9.26. The molecule has 1 rings (SSSR count). The third kappa shape index (κ3) is 3.02. The van der Waals surface area contributed by atoms with Crippen molar-refractivity contribution < 1.29 is 5.11 Å². The number of hydrogen-bond acceptors (Lipinski definition) is 3. The molecule has 0 aliphatic carbocycles. The van der Waals surface area contributed by atoms with Crippen LogP contribution >= 0.6 is 11.3 Å². The standard InChI is InChI=1S/C12H21NOS/c1-4-7-10-11(8-14)15-12(13-10)9(5-2)6-3/h9,14H,4-8H2,1-3H3. The fourth-order valence-electron chi connectivity index (χ4n) is 1.77. The van der Waals surface area contributed by atoms with Gasteiger partial charge >= 0.3 is 0 Å². The van der Waals surface area contributed by atoms with Gasteiger partial charge in [0.2, 0.25) is 0 Å². The molecule has 2 nitrogen and oxygen atoms in total. The molecule has 0 unspecified atom stereocenters. The van der Waals surface area contributed by atoms with Gasteiger partial charge < -0.3 is 5.11 Å². The van der Waals surface area contributed by atoms with Crippen LogP contribution in [0, 0.1) is 0 Å². The first-order valence-electron chi connectivity index (χ1n) is 5.86. The highest BCUT2D eigenvalue weighted by atomic mass is 32.1. The number of aromatic nitrogens is 1. The van der Waals surface area contributed by atoms with Gasteiger partial charge in [0.25, 0.3) is 0 Å². The van der Waals surface area contributed by atoms with Crippen LogP contribution in [0.4, 0.5) is 0 Å². The summed E-state index contributed by atoms with van der Waals surface area (Å²) >= 11 is 1.70.